The normalized spacial score (nSPS) is 18.5. The van der Waals surface area contributed by atoms with Crippen LogP contribution in [0.4, 0.5) is 0 Å². The van der Waals surface area contributed by atoms with Crippen LogP contribution in [0.3, 0.4) is 0 Å². The van der Waals surface area contributed by atoms with Crippen molar-refractivity contribution in [2.24, 2.45) is 0 Å². The van der Waals surface area contributed by atoms with Gasteiger partial charge in [-0.1, -0.05) is 36.4 Å². The molecule has 5 heteroatoms. The van der Waals surface area contributed by atoms with Crippen LogP contribution in [0.5, 0.6) is 0 Å². The lowest BCUT2D eigenvalue weighted by molar-refractivity contribution is -0.126. The molecular weight excluding hydrogens is 292 g/mol. The van der Waals surface area contributed by atoms with Gasteiger partial charge in [0, 0.05) is 26.2 Å². The molecule has 0 aliphatic carbocycles. The number of amides is 1. The Morgan fingerprint density at radius 3 is 3.04 bits per heavy atom. The summed E-state index contributed by atoms with van der Waals surface area (Å²) in [6.07, 6.45) is 2.56. The maximum absolute atomic E-state index is 11.7. The summed E-state index contributed by atoms with van der Waals surface area (Å²) in [5.41, 5.74) is 1.30. The fraction of sp³-hybridized carbons (Fsp3) is 0.500. The first kappa shape index (κ1) is 17.7. The van der Waals surface area contributed by atoms with E-state index in [1.165, 1.54) is 5.56 Å². The van der Waals surface area contributed by atoms with Crippen molar-refractivity contribution < 1.29 is 14.3 Å². The van der Waals surface area contributed by atoms with E-state index in [2.05, 4.69) is 41.1 Å². The van der Waals surface area contributed by atoms with E-state index in [0.29, 0.717) is 19.8 Å². The van der Waals surface area contributed by atoms with Crippen LogP contribution < -0.4 is 5.32 Å². The van der Waals surface area contributed by atoms with Crippen LogP contribution in [-0.4, -0.2) is 56.4 Å². The summed E-state index contributed by atoms with van der Waals surface area (Å²) in [4.78, 5) is 14.0. The topological polar surface area (TPSA) is 50.8 Å². The van der Waals surface area contributed by atoms with Gasteiger partial charge in [0.05, 0.1) is 19.3 Å². The third-order valence-electron chi connectivity index (χ3n) is 3.70. The maximum Gasteiger partial charge on any atom is 0.246 e. The predicted octanol–water partition coefficient (Wildman–Crippen LogP) is 1.60. The number of nitrogens with one attached hydrogen (secondary N) is 1. The highest BCUT2D eigenvalue weighted by Gasteiger charge is 2.20. The Labute approximate surface area is 138 Å². The number of hydrogen-bond donors (Lipinski definition) is 1. The zero-order chi connectivity index (χ0) is 16.3. The van der Waals surface area contributed by atoms with Gasteiger partial charge in [0.25, 0.3) is 0 Å². The van der Waals surface area contributed by atoms with Gasteiger partial charge in [-0.3, -0.25) is 9.69 Å². The minimum atomic E-state index is -0.0992. The van der Waals surface area contributed by atoms with E-state index in [-0.39, 0.29) is 18.6 Å². The number of carbonyl (C=O) groups excluding carboxylic acids is 1. The highest BCUT2D eigenvalue weighted by Crippen LogP contribution is 2.10. The Morgan fingerprint density at radius 1 is 1.43 bits per heavy atom. The molecule has 0 radical (unpaired) electrons. The molecule has 1 aromatic rings. The first-order valence-corrected chi connectivity index (χ1v) is 8.11. The minimum absolute atomic E-state index is 0.0320. The van der Waals surface area contributed by atoms with Crippen molar-refractivity contribution in [3.05, 3.63) is 48.6 Å². The molecule has 1 aliphatic heterocycles. The van der Waals surface area contributed by atoms with Gasteiger partial charge in [0.2, 0.25) is 5.91 Å². The third kappa shape index (κ3) is 6.95. The van der Waals surface area contributed by atoms with Crippen molar-refractivity contribution in [2.45, 2.75) is 19.1 Å². The van der Waals surface area contributed by atoms with Crippen molar-refractivity contribution in [2.75, 3.05) is 39.5 Å². The molecule has 0 saturated carbocycles. The van der Waals surface area contributed by atoms with Crippen molar-refractivity contribution in [1.29, 1.82) is 0 Å². The number of benzene rings is 1. The van der Waals surface area contributed by atoms with Crippen molar-refractivity contribution >= 4 is 5.91 Å². The van der Waals surface area contributed by atoms with Gasteiger partial charge in [0.15, 0.2) is 0 Å². The Morgan fingerprint density at radius 2 is 2.26 bits per heavy atom. The van der Waals surface area contributed by atoms with Gasteiger partial charge < -0.3 is 14.8 Å². The third-order valence-corrected chi connectivity index (χ3v) is 3.70. The van der Waals surface area contributed by atoms with Gasteiger partial charge >= 0.3 is 0 Å². The molecule has 23 heavy (non-hydrogen) atoms. The highest BCUT2D eigenvalue weighted by molar-refractivity contribution is 5.77. The summed E-state index contributed by atoms with van der Waals surface area (Å²) in [5.74, 6) is -0.0992. The zero-order valence-corrected chi connectivity index (χ0v) is 13.6. The SMILES string of the molecule is C=CCCOCC(=O)NC[C@H]1CN(Cc2ccccc2)CCO1. The average Bonchev–Trinajstić information content (AvgIpc) is 2.58. The molecule has 5 nitrogen and oxygen atoms in total. The summed E-state index contributed by atoms with van der Waals surface area (Å²) in [6.45, 7) is 8.11. The average molecular weight is 318 g/mol. The van der Waals surface area contributed by atoms with Gasteiger partial charge in [-0.15, -0.1) is 6.58 Å². The first-order valence-electron chi connectivity index (χ1n) is 8.11. The number of hydrogen-bond acceptors (Lipinski definition) is 4. The number of ether oxygens (including phenoxy) is 2. The van der Waals surface area contributed by atoms with Crippen molar-refractivity contribution in [1.82, 2.24) is 10.2 Å². The quantitative estimate of drug-likeness (QED) is 0.555. The molecule has 2 rings (SSSR count). The number of rotatable bonds is 9. The smallest absolute Gasteiger partial charge is 0.246 e. The molecule has 1 aliphatic rings. The minimum Gasteiger partial charge on any atom is -0.374 e. The number of carbonyl (C=O) groups is 1. The summed E-state index contributed by atoms with van der Waals surface area (Å²) < 4.78 is 11.0. The van der Waals surface area contributed by atoms with E-state index in [1.54, 1.807) is 6.08 Å². The Kier molecular flexibility index (Phi) is 7.80. The molecule has 1 aromatic carbocycles. The van der Waals surface area contributed by atoms with Crippen LogP contribution in [0.15, 0.2) is 43.0 Å². The molecule has 0 unspecified atom stereocenters. The molecule has 1 heterocycles. The first-order chi connectivity index (χ1) is 11.3. The van der Waals surface area contributed by atoms with E-state index in [9.17, 15) is 4.79 Å². The lowest BCUT2D eigenvalue weighted by Gasteiger charge is -2.33. The van der Waals surface area contributed by atoms with Crippen LogP contribution in [-0.2, 0) is 20.8 Å². The van der Waals surface area contributed by atoms with Crippen LogP contribution in [0.2, 0.25) is 0 Å². The fourth-order valence-corrected chi connectivity index (χ4v) is 2.50. The van der Waals surface area contributed by atoms with Crippen LogP contribution in [0.1, 0.15) is 12.0 Å². The van der Waals surface area contributed by atoms with Gasteiger partial charge in [-0.05, 0) is 12.0 Å². The standard InChI is InChI=1S/C18H26N2O3/c1-2-3-10-22-15-18(21)19-12-17-14-20(9-11-23-17)13-16-7-5-4-6-8-16/h2,4-8,17H,1,3,9-15H2,(H,19,21)/t17-/m0/s1. The van der Waals surface area contributed by atoms with Gasteiger partial charge in [-0.25, -0.2) is 0 Å². The summed E-state index contributed by atoms with van der Waals surface area (Å²) in [5, 5.41) is 2.87. The molecule has 1 amide bonds. The molecule has 1 saturated heterocycles. The fourth-order valence-electron chi connectivity index (χ4n) is 2.50. The number of nitrogens with zero attached hydrogens (tertiary/aromatic N) is 1. The molecule has 126 valence electrons. The second kappa shape index (κ2) is 10.2. The number of morpholine rings is 1. The Hall–Kier alpha value is -1.69. The monoisotopic (exact) mass is 318 g/mol. The van der Waals surface area contributed by atoms with Crippen LogP contribution in [0, 0.1) is 0 Å². The maximum atomic E-state index is 11.7. The molecule has 1 N–H and O–H groups in total. The second-order valence-electron chi connectivity index (χ2n) is 5.65. The van der Waals surface area contributed by atoms with Gasteiger partial charge in [0.1, 0.15) is 6.61 Å². The molecule has 0 spiro atoms. The largest absolute Gasteiger partial charge is 0.374 e. The van der Waals surface area contributed by atoms with E-state index >= 15 is 0 Å². The predicted molar refractivity (Wildman–Crippen MR) is 90.1 cm³/mol. The van der Waals surface area contributed by atoms with E-state index in [1.807, 2.05) is 6.07 Å². The van der Waals surface area contributed by atoms with Crippen LogP contribution in [0.25, 0.3) is 0 Å². The summed E-state index contributed by atoms with van der Waals surface area (Å²) in [7, 11) is 0. The zero-order valence-electron chi connectivity index (χ0n) is 13.6. The molecule has 1 atom stereocenters. The second-order valence-corrected chi connectivity index (χ2v) is 5.65. The Bertz CT molecular complexity index is 478. The molecule has 0 bridgehead atoms. The molecule has 0 aromatic heterocycles. The summed E-state index contributed by atoms with van der Waals surface area (Å²) in [6, 6.07) is 10.4. The van der Waals surface area contributed by atoms with Crippen molar-refractivity contribution in [3.8, 4) is 0 Å². The van der Waals surface area contributed by atoms with E-state index < -0.39 is 0 Å². The molecule has 1 fully saturated rings. The Balaban J connectivity index is 1.65. The summed E-state index contributed by atoms with van der Waals surface area (Å²) >= 11 is 0. The lowest BCUT2D eigenvalue weighted by Crippen LogP contribution is -2.47. The van der Waals surface area contributed by atoms with E-state index in [0.717, 1.165) is 26.1 Å². The van der Waals surface area contributed by atoms with Gasteiger partial charge in [-0.2, -0.15) is 0 Å². The molecular formula is C18H26N2O3. The van der Waals surface area contributed by atoms with Crippen LogP contribution >= 0.6 is 0 Å². The lowest BCUT2D eigenvalue weighted by atomic mass is 10.2. The highest BCUT2D eigenvalue weighted by atomic mass is 16.5. The van der Waals surface area contributed by atoms with Crippen molar-refractivity contribution in [3.63, 3.8) is 0 Å². The van der Waals surface area contributed by atoms with E-state index in [4.69, 9.17) is 9.47 Å².